The van der Waals surface area contributed by atoms with Crippen LogP contribution in [0.4, 0.5) is 0 Å². The fourth-order valence-corrected chi connectivity index (χ4v) is 2.77. The number of hydrogen-bond acceptors (Lipinski definition) is 4. The second kappa shape index (κ2) is 4.14. The highest BCUT2D eigenvalue weighted by Gasteiger charge is 2.24. The molecule has 0 fully saturated rings. The van der Waals surface area contributed by atoms with Crippen molar-refractivity contribution in [2.75, 3.05) is 6.61 Å². The van der Waals surface area contributed by atoms with E-state index in [1.54, 1.807) is 0 Å². The van der Waals surface area contributed by atoms with Gasteiger partial charge >= 0.3 is 0 Å². The van der Waals surface area contributed by atoms with E-state index in [-0.39, 0.29) is 5.92 Å². The maximum absolute atomic E-state index is 5.71. The van der Waals surface area contributed by atoms with E-state index in [4.69, 9.17) is 4.74 Å². The first-order valence-corrected chi connectivity index (χ1v) is 6.59. The molecule has 1 atom stereocenters. The van der Waals surface area contributed by atoms with Gasteiger partial charge in [-0.1, -0.05) is 18.2 Å². The van der Waals surface area contributed by atoms with Gasteiger partial charge < -0.3 is 4.74 Å². The minimum absolute atomic E-state index is 0.275. The Morgan fingerprint density at radius 1 is 1.38 bits per heavy atom. The number of nitrogens with zero attached hydrogens (tertiary/aromatic N) is 2. The molecule has 1 aliphatic rings. The van der Waals surface area contributed by atoms with Crippen LogP contribution < -0.4 is 4.74 Å². The molecule has 3 nitrogen and oxygen atoms in total. The number of aromatic nitrogens is 2. The maximum Gasteiger partial charge on any atom is 0.179 e. The van der Waals surface area contributed by atoms with E-state index in [2.05, 4.69) is 31.4 Å². The molecule has 0 aliphatic carbocycles. The summed E-state index contributed by atoms with van der Waals surface area (Å²) in [5, 5.41) is 0. The van der Waals surface area contributed by atoms with E-state index in [0.29, 0.717) is 6.61 Å². The van der Waals surface area contributed by atoms with Crippen molar-refractivity contribution in [2.24, 2.45) is 0 Å². The van der Waals surface area contributed by atoms with E-state index < -0.39 is 0 Å². The van der Waals surface area contributed by atoms with Crippen molar-refractivity contribution in [1.82, 2.24) is 9.36 Å². The van der Waals surface area contributed by atoms with Crippen molar-refractivity contribution >= 4 is 27.5 Å². The average molecular weight is 297 g/mol. The first-order valence-electron chi connectivity index (χ1n) is 5.03. The average Bonchev–Trinajstić information content (AvgIpc) is 2.75. The summed E-state index contributed by atoms with van der Waals surface area (Å²) in [7, 11) is 0. The molecular weight excluding hydrogens is 288 g/mol. The van der Waals surface area contributed by atoms with Gasteiger partial charge in [0.05, 0.1) is 12.5 Å². The zero-order valence-corrected chi connectivity index (χ0v) is 10.8. The van der Waals surface area contributed by atoms with Gasteiger partial charge in [-0.25, -0.2) is 4.98 Å². The molecule has 0 spiro atoms. The molecule has 3 rings (SSSR count). The molecule has 1 aromatic heterocycles. The third-order valence-electron chi connectivity index (χ3n) is 2.66. The van der Waals surface area contributed by atoms with Gasteiger partial charge in [0, 0.05) is 0 Å². The van der Waals surface area contributed by atoms with Gasteiger partial charge in [-0.2, -0.15) is 4.37 Å². The SMILES string of the molecule is Brc1nc(C2COc3ccccc3C2)ns1. The van der Waals surface area contributed by atoms with Crippen LogP contribution in [0.1, 0.15) is 17.3 Å². The van der Waals surface area contributed by atoms with Gasteiger partial charge in [0.2, 0.25) is 0 Å². The number of hydrogen-bond donors (Lipinski definition) is 0. The van der Waals surface area contributed by atoms with Crippen LogP contribution in [-0.4, -0.2) is 16.0 Å². The Bertz CT molecular complexity index is 514. The highest BCUT2D eigenvalue weighted by atomic mass is 79.9. The lowest BCUT2D eigenvalue weighted by atomic mass is 9.96. The lowest BCUT2D eigenvalue weighted by Gasteiger charge is -2.23. The zero-order valence-electron chi connectivity index (χ0n) is 8.39. The Morgan fingerprint density at radius 3 is 3.06 bits per heavy atom. The molecule has 0 saturated carbocycles. The van der Waals surface area contributed by atoms with E-state index in [0.717, 1.165) is 21.9 Å². The first-order chi connectivity index (χ1) is 7.83. The minimum Gasteiger partial charge on any atom is -0.493 e. The minimum atomic E-state index is 0.275. The molecule has 0 amide bonds. The summed E-state index contributed by atoms with van der Waals surface area (Å²) in [6.45, 7) is 0.667. The Morgan fingerprint density at radius 2 is 2.25 bits per heavy atom. The van der Waals surface area contributed by atoms with Gasteiger partial charge in [-0.05, 0) is 45.5 Å². The Labute approximate surface area is 106 Å². The van der Waals surface area contributed by atoms with Gasteiger partial charge in [-0.3, -0.25) is 0 Å². The molecule has 2 aromatic rings. The summed E-state index contributed by atoms with van der Waals surface area (Å²) >= 11 is 4.71. The molecule has 0 N–H and O–H groups in total. The van der Waals surface area contributed by atoms with Crippen LogP contribution in [0.25, 0.3) is 0 Å². The number of fused-ring (bicyclic) bond motifs is 1. The zero-order chi connectivity index (χ0) is 11.0. The standard InChI is InChI=1S/C11H9BrN2OS/c12-11-13-10(14-16-11)8-5-7-3-1-2-4-9(7)15-6-8/h1-4,8H,5-6H2. The number of halogens is 1. The quantitative estimate of drug-likeness (QED) is 0.811. The van der Waals surface area contributed by atoms with Crippen LogP contribution >= 0.6 is 27.5 Å². The summed E-state index contributed by atoms with van der Waals surface area (Å²) < 4.78 is 10.9. The third-order valence-corrected chi connectivity index (χ3v) is 3.79. The van der Waals surface area contributed by atoms with E-state index >= 15 is 0 Å². The summed E-state index contributed by atoms with van der Waals surface area (Å²) in [6.07, 6.45) is 0.958. The van der Waals surface area contributed by atoms with Crippen LogP contribution in [0.2, 0.25) is 0 Å². The van der Waals surface area contributed by atoms with Gasteiger partial charge in [0.25, 0.3) is 0 Å². The molecule has 0 saturated heterocycles. The smallest absolute Gasteiger partial charge is 0.179 e. The second-order valence-corrected chi connectivity index (χ2v) is 5.75. The molecule has 1 unspecified atom stereocenters. The van der Waals surface area contributed by atoms with Crippen LogP contribution in [0.3, 0.4) is 0 Å². The van der Waals surface area contributed by atoms with Crippen molar-refractivity contribution in [1.29, 1.82) is 0 Å². The summed E-state index contributed by atoms with van der Waals surface area (Å²) in [5.41, 5.74) is 1.24. The van der Waals surface area contributed by atoms with Crippen molar-refractivity contribution in [2.45, 2.75) is 12.3 Å². The normalized spacial score (nSPS) is 18.9. The Balaban J connectivity index is 1.88. The molecule has 1 aromatic carbocycles. The summed E-state index contributed by atoms with van der Waals surface area (Å²) in [4.78, 5) is 4.35. The van der Waals surface area contributed by atoms with Gasteiger partial charge in [0.1, 0.15) is 11.6 Å². The van der Waals surface area contributed by atoms with Crippen molar-refractivity contribution < 1.29 is 4.74 Å². The number of ether oxygens (including phenoxy) is 1. The molecular formula is C11H9BrN2OS. The number of benzene rings is 1. The van der Waals surface area contributed by atoms with Gasteiger partial charge in [0.15, 0.2) is 3.92 Å². The monoisotopic (exact) mass is 296 g/mol. The number of rotatable bonds is 1. The third kappa shape index (κ3) is 1.85. The molecule has 0 bridgehead atoms. The van der Waals surface area contributed by atoms with Crippen LogP contribution in [0, 0.1) is 0 Å². The second-order valence-electron chi connectivity index (χ2n) is 3.73. The van der Waals surface area contributed by atoms with Crippen molar-refractivity contribution in [3.63, 3.8) is 0 Å². The highest BCUT2D eigenvalue weighted by molar-refractivity contribution is 9.11. The van der Waals surface area contributed by atoms with Crippen molar-refractivity contribution in [3.05, 3.63) is 39.6 Å². The summed E-state index contributed by atoms with van der Waals surface area (Å²) in [5.74, 6) is 2.15. The van der Waals surface area contributed by atoms with E-state index in [9.17, 15) is 0 Å². The van der Waals surface area contributed by atoms with Crippen LogP contribution in [0.5, 0.6) is 5.75 Å². The van der Waals surface area contributed by atoms with E-state index in [1.165, 1.54) is 17.1 Å². The van der Waals surface area contributed by atoms with Gasteiger partial charge in [-0.15, -0.1) is 0 Å². The molecule has 1 aliphatic heterocycles. The maximum atomic E-state index is 5.71. The molecule has 16 heavy (non-hydrogen) atoms. The Kier molecular flexibility index (Phi) is 2.65. The topological polar surface area (TPSA) is 35.0 Å². The predicted octanol–water partition coefficient (Wildman–Crippen LogP) is 3.02. The largest absolute Gasteiger partial charge is 0.493 e. The highest BCUT2D eigenvalue weighted by Crippen LogP contribution is 2.31. The predicted molar refractivity (Wildman–Crippen MR) is 66.0 cm³/mol. The first kappa shape index (κ1) is 10.2. The number of para-hydroxylation sites is 1. The Hall–Kier alpha value is -0.940. The molecule has 0 radical (unpaired) electrons. The lowest BCUT2D eigenvalue weighted by molar-refractivity contribution is 0.258. The fraction of sp³-hybridized carbons (Fsp3) is 0.273. The summed E-state index contributed by atoms with van der Waals surface area (Å²) in [6, 6.07) is 8.14. The molecule has 82 valence electrons. The van der Waals surface area contributed by atoms with Crippen molar-refractivity contribution in [3.8, 4) is 5.75 Å². The molecule has 5 heteroatoms. The molecule has 2 heterocycles. The lowest BCUT2D eigenvalue weighted by Crippen LogP contribution is -2.20. The van der Waals surface area contributed by atoms with Crippen LogP contribution in [-0.2, 0) is 6.42 Å². The van der Waals surface area contributed by atoms with E-state index in [1.807, 2.05) is 18.2 Å². The van der Waals surface area contributed by atoms with Crippen LogP contribution in [0.15, 0.2) is 28.2 Å². The fourth-order valence-electron chi connectivity index (χ4n) is 1.87.